The third-order valence-corrected chi connectivity index (χ3v) is 4.90. The van der Waals surface area contributed by atoms with E-state index in [0.717, 1.165) is 25.2 Å². The summed E-state index contributed by atoms with van der Waals surface area (Å²) in [6, 6.07) is 0. The van der Waals surface area contributed by atoms with Crippen molar-refractivity contribution in [3.63, 3.8) is 0 Å². The van der Waals surface area contributed by atoms with E-state index < -0.39 is 0 Å². The first-order valence-corrected chi connectivity index (χ1v) is 8.15. The minimum Gasteiger partial charge on any atom is -0.309 e. The highest BCUT2D eigenvalue weighted by atomic mass is 32.2. The summed E-state index contributed by atoms with van der Waals surface area (Å²) in [5, 5.41) is 8.84. The highest BCUT2D eigenvalue weighted by molar-refractivity contribution is 7.99. The molecular weight excluding hydrogens is 228 g/mol. The molecule has 0 heterocycles. The van der Waals surface area contributed by atoms with E-state index in [1.54, 1.807) is 0 Å². The van der Waals surface area contributed by atoms with Gasteiger partial charge in [-0.3, -0.25) is 0 Å². The summed E-state index contributed by atoms with van der Waals surface area (Å²) in [7, 11) is 0. The number of hydrogen-bond acceptors (Lipinski definition) is 2. The van der Waals surface area contributed by atoms with E-state index in [4.69, 9.17) is 5.41 Å². The molecular formula is C14H27N2S+. The van der Waals surface area contributed by atoms with E-state index in [1.807, 2.05) is 11.8 Å². The van der Waals surface area contributed by atoms with Gasteiger partial charge in [0.05, 0.1) is 5.92 Å². The lowest BCUT2D eigenvalue weighted by atomic mass is 9.86. The van der Waals surface area contributed by atoms with Crippen molar-refractivity contribution in [2.24, 2.45) is 5.92 Å². The Kier molecular flexibility index (Phi) is 6.86. The summed E-state index contributed by atoms with van der Waals surface area (Å²) >= 11 is 1.95. The molecule has 1 saturated carbocycles. The fraction of sp³-hybridized carbons (Fsp3) is 0.857. The highest BCUT2D eigenvalue weighted by Crippen LogP contribution is 2.30. The molecule has 0 aromatic rings. The summed E-state index contributed by atoms with van der Waals surface area (Å²) in [5.74, 6) is 0.479. The zero-order valence-corrected chi connectivity index (χ0v) is 12.4. The Morgan fingerprint density at radius 1 is 1.53 bits per heavy atom. The lowest BCUT2D eigenvalue weighted by Crippen LogP contribution is -2.37. The molecule has 0 spiro atoms. The largest absolute Gasteiger partial charge is 0.309 e. The Morgan fingerprint density at radius 3 is 2.88 bits per heavy atom. The molecule has 17 heavy (non-hydrogen) atoms. The number of hydrogen-bond donors (Lipinski definition) is 1. The van der Waals surface area contributed by atoms with E-state index in [0.29, 0.717) is 11.2 Å². The van der Waals surface area contributed by atoms with Crippen LogP contribution in [0.15, 0.2) is 0 Å². The Balaban J connectivity index is 2.58. The van der Waals surface area contributed by atoms with E-state index in [1.165, 1.54) is 25.7 Å². The molecule has 0 aromatic heterocycles. The molecule has 0 saturated heterocycles. The van der Waals surface area contributed by atoms with Gasteiger partial charge in [0, 0.05) is 24.3 Å². The van der Waals surface area contributed by atoms with Gasteiger partial charge in [0.1, 0.15) is 12.8 Å². The van der Waals surface area contributed by atoms with Crippen LogP contribution in [-0.2, 0) is 0 Å². The monoisotopic (exact) mass is 255 g/mol. The van der Waals surface area contributed by atoms with Crippen molar-refractivity contribution in [2.45, 2.75) is 51.2 Å². The normalized spacial score (nSPS) is 26.3. The van der Waals surface area contributed by atoms with E-state index in [-0.39, 0.29) is 0 Å². The summed E-state index contributed by atoms with van der Waals surface area (Å²) in [4.78, 5) is 0. The third kappa shape index (κ3) is 4.46. The predicted molar refractivity (Wildman–Crippen MR) is 79.0 cm³/mol. The fourth-order valence-electron chi connectivity index (χ4n) is 2.55. The summed E-state index contributed by atoms with van der Waals surface area (Å²) in [6.45, 7) is 6.57. The quantitative estimate of drug-likeness (QED) is 0.571. The second kappa shape index (κ2) is 7.91. The van der Waals surface area contributed by atoms with Gasteiger partial charge in [-0.1, -0.05) is 13.3 Å². The molecule has 0 radical (unpaired) electrons. The average Bonchev–Trinajstić information content (AvgIpc) is 2.36. The molecule has 0 bridgehead atoms. The van der Waals surface area contributed by atoms with Crippen molar-refractivity contribution in [1.82, 2.24) is 0 Å². The molecule has 1 aliphatic carbocycles. The zero-order chi connectivity index (χ0) is 12.7. The van der Waals surface area contributed by atoms with Gasteiger partial charge in [-0.15, -0.1) is 0 Å². The van der Waals surface area contributed by atoms with Crippen LogP contribution in [0.2, 0.25) is 0 Å². The number of thioether (sulfide) groups is 1. The Morgan fingerprint density at radius 2 is 2.29 bits per heavy atom. The topological polar surface area (TPSA) is 26.9 Å². The van der Waals surface area contributed by atoms with Crippen LogP contribution in [0.3, 0.4) is 0 Å². The van der Waals surface area contributed by atoms with Crippen molar-refractivity contribution in [3.05, 3.63) is 0 Å². The maximum atomic E-state index is 8.17. The summed E-state index contributed by atoms with van der Waals surface area (Å²) in [6.07, 6.45) is 10.4. The second-order valence-corrected chi connectivity index (χ2v) is 5.98. The number of nitrogens with one attached hydrogen (secondary N) is 1. The zero-order valence-electron chi connectivity index (χ0n) is 11.5. The van der Waals surface area contributed by atoms with Crippen molar-refractivity contribution >= 4 is 23.7 Å². The highest BCUT2D eigenvalue weighted by Gasteiger charge is 2.31. The van der Waals surface area contributed by atoms with Gasteiger partial charge in [0.15, 0.2) is 6.54 Å². The lowest BCUT2D eigenvalue weighted by Gasteiger charge is -2.29. The molecule has 2 unspecified atom stereocenters. The fourth-order valence-corrected chi connectivity index (χ4v) is 3.54. The van der Waals surface area contributed by atoms with E-state index in [2.05, 4.69) is 30.9 Å². The van der Waals surface area contributed by atoms with Gasteiger partial charge in [0.2, 0.25) is 0 Å². The SMILES string of the molecule is CC=[N+](CCCC)CC1C(=N)CCCC1SC. The third-order valence-electron chi connectivity index (χ3n) is 3.73. The molecule has 3 heteroatoms. The van der Waals surface area contributed by atoms with Crippen LogP contribution in [0.1, 0.15) is 46.0 Å². The van der Waals surface area contributed by atoms with Gasteiger partial charge in [-0.05, 0) is 25.5 Å². The smallest absolute Gasteiger partial charge is 0.151 e. The number of unbranched alkanes of at least 4 members (excludes halogenated alkanes) is 1. The molecule has 1 fully saturated rings. The van der Waals surface area contributed by atoms with Gasteiger partial charge in [0.25, 0.3) is 0 Å². The van der Waals surface area contributed by atoms with Crippen LogP contribution >= 0.6 is 11.8 Å². The summed E-state index contributed by atoms with van der Waals surface area (Å²) in [5.41, 5.74) is 0.985. The van der Waals surface area contributed by atoms with Gasteiger partial charge >= 0.3 is 0 Å². The van der Waals surface area contributed by atoms with Crippen molar-refractivity contribution in [1.29, 1.82) is 5.41 Å². The minimum absolute atomic E-state index is 0.479. The van der Waals surface area contributed by atoms with Crippen molar-refractivity contribution < 1.29 is 4.58 Å². The van der Waals surface area contributed by atoms with Crippen LogP contribution < -0.4 is 0 Å². The average molecular weight is 255 g/mol. The molecule has 2 atom stereocenters. The van der Waals surface area contributed by atoms with Crippen molar-refractivity contribution in [2.75, 3.05) is 19.3 Å². The molecule has 1 N–H and O–H groups in total. The number of rotatable bonds is 6. The van der Waals surface area contributed by atoms with Crippen LogP contribution in [0.5, 0.6) is 0 Å². The Hall–Kier alpha value is -0.310. The van der Waals surface area contributed by atoms with Gasteiger partial charge in [-0.2, -0.15) is 11.8 Å². The first-order valence-electron chi connectivity index (χ1n) is 6.86. The maximum absolute atomic E-state index is 8.17. The van der Waals surface area contributed by atoms with Crippen molar-refractivity contribution in [3.8, 4) is 0 Å². The Labute approximate surface area is 110 Å². The van der Waals surface area contributed by atoms with E-state index >= 15 is 0 Å². The van der Waals surface area contributed by atoms with E-state index in [9.17, 15) is 0 Å². The van der Waals surface area contributed by atoms with Crippen LogP contribution in [-0.4, -0.2) is 41.1 Å². The maximum Gasteiger partial charge on any atom is 0.151 e. The Bertz CT molecular complexity index is 273. The first-order chi connectivity index (χ1) is 8.22. The molecule has 2 nitrogen and oxygen atoms in total. The molecule has 1 rings (SSSR count). The van der Waals surface area contributed by atoms with Gasteiger partial charge < -0.3 is 5.41 Å². The number of nitrogens with zero attached hydrogens (tertiary/aromatic N) is 1. The predicted octanol–water partition coefficient (Wildman–Crippen LogP) is 3.44. The molecule has 0 aliphatic heterocycles. The standard InChI is InChI=1S/C14H27N2S/c1-4-6-10-16(5-2)11-12-13(15)8-7-9-14(12)17-3/h5,12,14-15H,4,6-11H2,1-3H3/q+1. The minimum atomic E-state index is 0.479. The molecule has 1 aliphatic rings. The van der Waals surface area contributed by atoms with Crippen LogP contribution in [0.4, 0.5) is 0 Å². The van der Waals surface area contributed by atoms with Crippen LogP contribution in [0, 0.1) is 11.3 Å². The van der Waals surface area contributed by atoms with Gasteiger partial charge in [-0.25, -0.2) is 4.58 Å². The lowest BCUT2D eigenvalue weighted by molar-refractivity contribution is -0.528. The first kappa shape index (κ1) is 14.7. The molecule has 98 valence electrons. The molecule has 0 amide bonds. The molecule has 0 aromatic carbocycles. The summed E-state index contributed by atoms with van der Waals surface area (Å²) < 4.78 is 2.41. The second-order valence-electron chi connectivity index (χ2n) is 4.90. The van der Waals surface area contributed by atoms with Crippen LogP contribution in [0.25, 0.3) is 0 Å².